The van der Waals surface area contributed by atoms with Gasteiger partial charge in [0, 0.05) is 18.5 Å². The molecule has 160 valence electrons. The second-order valence-corrected chi connectivity index (χ2v) is 6.74. The van der Waals surface area contributed by atoms with Crippen molar-refractivity contribution >= 4 is 12.1 Å². The summed E-state index contributed by atoms with van der Waals surface area (Å²) in [5.74, 6) is -3.29. The van der Waals surface area contributed by atoms with Crippen molar-refractivity contribution < 1.29 is 36.2 Å². The molecule has 0 radical (unpaired) electrons. The second kappa shape index (κ2) is 9.23. The predicted octanol–water partition coefficient (Wildman–Crippen LogP) is 4.14. The molecule has 0 spiro atoms. The molecule has 1 aliphatic rings. The van der Waals surface area contributed by atoms with E-state index in [2.05, 4.69) is 15.0 Å². The maximum absolute atomic E-state index is 12.8. The van der Waals surface area contributed by atoms with Gasteiger partial charge in [0.1, 0.15) is 11.5 Å². The van der Waals surface area contributed by atoms with Gasteiger partial charge in [0.05, 0.1) is 12.3 Å². The van der Waals surface area contributed by atoms with Gasteiger partial charge in [0.2, 0.25) is 0 Å². The Hall–Kier alpha value is -2.65. The lowest BCUT2D eigenvalue weighted by molar-refractivity contribution is -0.153. The van der Waals surface area contributed by atoms with Gasteiger partial charge in [-0.05, 0) is 37.6 Å². The van der Waals surface area contributed by atoms with E-state index in [9.17, 15) is 26.7 Å². The second-order valence-electron chi connectivity index (χ2n) is 6.74. The Morgan fingerprint density at radius 2 is 1.97 bits per heavy atom. The van der Waals surface area contributed by atoms with E-state index < -0.39 is 37.3 Å². The number of hydrogen-bond acceptors (Lipinski definition) is 4. The molecule has 0 saturated heterocycles. The number of allylic oxidation sites excluding steroid dienone is 1. The summed E-state index contributed by atoms with van der Waals surface area (Å²) < 4.78 is 72.0. The fraction of sp³-hybridized carbons (Fsp3) is 0.474. The van der Waals surface area contributed by atoms with Gasteiger partial charge in [-0.3, -0.25) is 9.79 Å². The summed E-state index contributed by atoms with van der Waals surface area (Å²) in [4.78, 5) is 16.6. The lowest BCUT2D eigenvalue weighted by Crippen LogP contribution is -2.41. The summed E-state index contributed by atoms with van der Waals surface area (Å²) in [6.07, 6.45) is -1.17. The summed E-state index contributed by atoms with van der Waals surface area (Å²) in [6, 6.07) is 4.66. The largest absolute Gasteiger partial charge is 0.486 e. The van der Waals surface area contributed by atoms with Crippen molar-refractivity contribution in [2.24, 2.45) is 4.99 Å². The molecule has 0 saturated carbocycles. The van der Waals surface area contributed by atoms with Crippen molar-refractivity contribution in [3.8, 4) is 5.75 Å². The highest BCUT2D eigenvalue weighted by Gasteiger charge is 2.28. The molecule has 1 N–H and O–H groups in total. The number of rotatable bonds is 8. The van der Waals surface area contributed by atoms with E-state index in [1.807, 2.05) is 0 Å². The molecule has 2 atom stereocenters. The first-order chi connectivity index (χ1) is 13.4. The van der Waals surface area contributed by atoms with Gasteiger partial charge in [0.15, 0.2) is 13.2 Å². The molecule has 1 aromatic carbocycles. The average Bonchev–Trinajstić information content (AvgIpc) is 2.64. The van der Waals surface area contributed by atoms with Gasteiger partial charge in [-0.25, -0.2) is 8.78 Å². The number of ether oxygens (including phenoxy) is 2. The fourth-order valence-electron chi connectivity index (χ4n) is 2.44. The number of amides is 1. The minimum atomic E-state index is -4.48. The van der Waals surface area contributed by atoms with Gasteiger partial charge in [-0.1, -0.05) is 6.07 Å². The maximum atomic E-state index is 12.8. The van der Waals surface area contributed by atoms with E-state index in [4.69, 9.17) is 4.74 Å². The van der Waals surface area contributed by atoms with Gasteiger partial charge < -0.3 is 14.8 Å². The number of nitrogens with zero attached hydrogens (tertiary/aromatic N) is 1. The van der Waals surface area contributed by atoms with E-state index in [0.717, 1.165) is 6.92 Å². The van der Waals surface area contributed by atoms with Crippen LogP contribution in [-0.4, -0.2) is 49.5 Å². The molecule has 5 nitrogen and oxygen atoms in total. The maximum Gasteiger partial charge on any atom is 0.422 e. The van der Waals surface area contributed by atoms with Crippen LogP contribution < -0.4 is 10.1 Å². The molecular weight excluding hydrogens is 399 g/mol. The van der Waals surface area contributed by atoms with E-state index in [1.54, 1.807) is 13.0 Å². The lowest BCUT2D eigenvalue weighted by Gasteiger charge is -2.24. The van der Waals surface area contributed by atoms with Crippen LogP contribution in [0, 0.1) is 0 Å². The predicted molar refractivity (Wildman–Crippen MR) is 96.5 cm³/mol. The van der Waals surface area contributed by atoms with Gasteiger partial charge in [-0.15, -0.1) is 0 Å². The Labute approximate surface area is 164 Å². The molecule has 1 heterocycles. The third kappa shape index (κ3) is 8.08. The van der Waals surface area contributed by atoms with Crippen molar-refractivity contribution in [1.82, 2.24) is 5.32 Å². The van der Waals surface area contributed by atoms with Gasteiger partial charge in [0.25, 0.3) is 11.8 Å². The van der Waals surface area contributed by atoms with Crippen LogP contribution in [0.3, 0.4) is 0 Å². The molecular formula is C19H21F5N2O3. The monoisotopic (exact) mass is 420 g/mol. The summed E-state index contributed by atoms with van der Waals surface area (Å²) in [5, 5.41) is 2.72. The number of benzene rings is 1. The highest BCUT2D eigenvalue weighted by Crippen LogP contribution is 2.20. The Balaban J connectivity index is 1.88. The van der Waals surface area contributed by atoms with Crippen LogP contribution in [-0.2, 0) is 4.74 Å². The number of carbonyl (C=O) groups is 1. The van der Waals surface area contributed by atoms with Crippen LogP contribution in [0.25, 0.3) is 0 Å². The first-order valence-corrected chi connectivity index (χ1v) is 8.77. The Kier molecular flexibility index (Phi) is 7.21. The van der Waals surface area contributed by atoms with E-state index >= 15 is 0 Å². The number of hydrogen-bond donors (Lipinski definition) is 1. The van der Waals surface area contributed by atoms with Crippen LogP contribution in [0.1, 0.15) is 30.6 Å². The number of carbonyl (C=O) groups excluding carboxylic acids is 1. The van der Waals surface area contributed by atoms with Crippen LogP contribution >= 0.6 is 0 Å². The summed E-state index contributed by atoms with van der Waals surface area (Å²) in [7, 11) is 0. The third-order valence-corrected chi connectivity index (χ3v) is 3.88. The van der Waals surface area contributed by atoms with Crippen molar-refractivity contribution in [3.63, 3.8) is 0 Å². The zero-order valence-electron chi connectivity index (χ0n) is 15.8. The first-order valence-electron chi connectivity index (χ1n) is 8.77. The van der Waals surface area contributed by atoms with Gasteiger partial charge >= 0.3 is 6.18 Å². The number of halogens is 5. The van der Waals surface area contributed by atoms with Gasteiger partial charge in [-0.2, -0.15) is 13.2 Å². The molecule has 1 unspecified atom stereocenters. The lowest BCUT2D eigenvalue weighted by atomic mass is 10.0. The molecule has 29 heavy (non-hydrogen) atoms. The summed E-state index contributed by atoms with van der Waals surface area (Å²) >= 11 is 0. The van der Waals surface area contributed by atoms with E-state index in [-0.39, 0.29) is 23.1 Å². The van der Waals surface area contributed by atoms with Crippen molar-refractivity contribution in [2.75, 3.05) is 13.2 Å². The van der Waals surface area contributed by atoms with Crippen LogP contribution in [0.2, 0.25) is 0 Å². The first kappa shape index (κ1) is 22.6. The molecule has 0 aliphatic carbocycles. The smallest absolute Gasteiger partial charge is 0.422 e. The Morgan fingerprint density at radius 1 is 1.24 bits per heavy atom. The minimum Gasteiger partial charge on any atom is -0.486 e. The van der Waals surface area contributed by atoms with Crippen molar-refractivity contribution in [2.45, 2.75) is 44.5 Å². The fourth-order valence-corrected chi connectivity index (χ4v) is 2.44. The molecule has 0 fully saturated rings. The van der Waals surface area contributed by atoms with E-state index in [1.165, 1.54) is 30.5 Å². The van der Waals surface area contributed by atoms with Crippen LogP contribution in [0.15, 0.2) is 41.1 Å². The highest BCUT2D eigenvalue weighted by atomic mass is 19.4. The standard InChI is InChI=1S/C19H21F5N2O3/c1-12(16-7-6-15(9-25-16)28-10-18(2,20)21)26-17(27)13-4-3-5-14(8-13)29-11-19(22,23)24/h3-6,8-9,12,16H,7,10-11H2,1-2H3,(H,26,27)/t12-,16?/m1/s1. The Bertz CT molecular complexity index is 772. The quantitative estimate of drug-likeness (QED) is 0.643. The van der Waals surface area contributed by atoms with Crippen LogP contribution in [0.4, 0.5) is 22.0 Å². The van der Waals surface area contributed by atoms with Crippen molar-refractivity contribution in [1.29, 1.82) is 0 Å². The minimum absolute atomic E-state index is 0.0734. The number of alkyl halides is 5. The van der Waals surface area contributed by atoms with E-state index in [0.29, 0.717) is 6.42 Å². The molecule has 0 aromatic heterocycles. The number of nitrogens with one attached hydrogen (secondary N) is 1. The number of dihydropyridines is 1. The number of aliphatic imine (C=N–C) groups is 1. The van der Waals surface area contributed by atoms with Crippen molar-refractivity contribution in [3.05, 3.63) is 41.7 Å². The third-order valence-electron chi connectivity index (χ3n) is 3.88. The highest BCUT2D eigenvalue weighted by molar-refractivity contribution is 5.94. The van der Waals surface area contributed by atoms with Crippen LogP contribution in [0.5, 0.6) is 5.75 Å². The SMILES string of the molecule is C[C@@H](NC(=O)c1cccc(OCC(F)(F)F)c1)C1CC=C(OCC(C)(F)F)C=N1. The Morgan fingerprint density at radius 3 is 2.55 bits per heavy atom. The molecule has 2 rings (SSSR count). The zero-order chi connectivity index (χ0) is 21.7. The zero-order valence-corrected chi connectivity index (χ0v) is 15.8. The normalized spacial score (nSPS) is 18.0. The summed E-state index contributed by atoms with van der Waals surface area (Å²) in [5.41, 5.74) is 0.140. The molecule has 10 heteroatoms. The molecule has 1 aromatic rings. The molecule has 1 aliphatic heterocycles. The molecule has 0 bridgehead atoms. The summed E-state index contributed by atoms with van der Waals surface area (Å²) in [6.45, 7) is 0.251. The molecule has 1 amide bonds. The average molecular weight is 420 g/mol. The topological polar surface area (TPSA) is 59.9 Å².